The van der Waals surface area contributed by atoms with Gasteiger partial charge in [-0.05, 0) is 30.3 Å². The summed E-state index contributed by atoms with van der Waals surface area (Å²) in [4.78, 5) is 31.1. The maximum atomic E-state index is 13.1. The van der Waals surface area contributed by atoms with Crippen LogP contribution in [-0.2, 0) is 16.1 Å². The van der Waals surface area contributed by atoms with Crippen molar-refractivity contribution in [2.45, 2.75) is 13.0 Å². The first kappa shape index (κ1) is 24.1. The minimum atomic E-state index is -0.312. The van der Waals surface area contributed by atoms with Crippen molar-refractivity contribution < 1.29 is 18.7 Å². The summed E-state index contributed by atoms with van der Waals surface area (Å²) in [7, 11) is 1.56. The van der Waals surface area contributed by atoms with Crippen LogP contribution in [0, 0.1) is 0 Å². The summed E-state index contributed by atoms with van der Waals surface area (Å²) < 4.78 is 10.3. The lowest BCUT2D eigenvalue weighted by molar-refractivity contribution is -0.121. The number of carbonyl (C=O) groups is 2. The van der Waals surface area contributed by atoms with Gasteiger partial charge in [0.2, 0.25) is 5.91 Å². The molecular formula is C21H22Cl2N4O4S. The third-order valence-corrected chi connectivity index (χ3v) is 5.67. The van der Waals surface area contributed by atoms with Gasteiger partial charge in [0.1, 0.15) is 11.5 Å². The number of thiazole rings is 1. The fourth-order valence-electron chi connectivity index (χ4n) is 2.76. The van der Waals surface area contributed by atoms with Crippen LogP contribution in [0.15, 0.2) is 46.4 Å². The number of anilines is 2. The molecule has 1 aromatic carbocycles. The van der Waals surface area contributed by atoms with Crippen LogP contribution in [0.4, 0.5) is 10.8 Å². The number of aromatic nitrogens is 1. The topological polar surface area (TPSA) is 96.7 Å². The van der Waals surface area contributed by atoms with Crippen LogP contribution < -0.4 is 10.6 Å². The lowest BCUT2D eigenvalue weighted by atomic mass is 10.3. The molecule has 0 aliphatic rings. The molecule has 2 aromatic heterocycles. The second-order valence-corrected chi connectivity index (χ2v) is 8.39. The number of halogens is 2. The lowest BCUT2D eigenvalue weighted by Gasteiger charge is -2.20. The van der Waals surface area contributed by atoms with Crippen LogP contribution in [0.2, 0.25) is 10.0 Å². The summed E-state index contributed by atoms with van der Waals surface area (Å²) in [6, 6.07) is 8.56. The van der Waals surface area contributed by atoms with Gasteiger partial charge in [0, 0.05) is 37.0 Å². The molecule has 11 heteroatoms. The molecule has 0 fully saturated rings. The van der Waals surface area contributed by atoms with Crippen molar-refractivity contribution in [2.24, 2.45) is 0 Å². The van der Waals surface area contributed by atoms with Gasteiger partial charge in [0.25, 0.3) is 5.91 Å². The van der Waals surface area contributed by atoms with E-state index in [1.165, 1.54) is 22.5 Å². The number of nitrogens with zero attached hydrogens (tertiary/aromatic N) is 2. The summed E-state index contributed by atoms with van der Waals surface area (Å²) in [5.41, 5.74) is 0.842. The fourth-order valence-corrected chi connectivity index (χ4v) is 3.79. The average molecular weight is 497 g/mol. The van der Waals surface area contributed by atoms with Crippen LogP contribution in [0.1, 0.15) is 22.7 Å². The van der Waals surface area contributed by atoms with E-state index in [0.717, 1.165) is 0 Å². The van der Waals surface area contributed by atoms with E-state index in [4.69, 9.17) is 32.4 Å². The van der Waals surface area contributed by atoms with E-state index >= 15 is 0 Å². The third-order valence-electron chi connectivity index (χ3n) is 4.34. The van der Waals surface area contributed by atoms with E-state index < -0.39 is 0 Å². The maximum absolute atomic E-state index is 13.1. The van der Waals surface area contributed by atoms with E-state index in [2.05, 4.69) is 15.6 Å². The van der Waals surface area contributed by atoms with Crippen LogP contribution in [0.5, 0.6) is 0 Å². The van der Waals surface area contributed by atoms with Crippen molar-refractivity contribution in [3.63, 3.8) is 0 Å². The highest BCUT2D eigenvalue weighted by Crippen LogP contribution is 2.30. The summed E-state index contributed by atoms with van der Waals surface area (Å²) in [5.74, 6) is 0.125. The molecule has 0 spiro atoms. The number of carbonyl (C=O) groups excluding carboxylic acids is 2. The molecule has 32 heavy (non-hydrogen) atoms. The second-order valence-electron chi connectivity index (χ2n) is 6.69. The Labute approximate surface area is 199 Å². The van der Waals surface area contributed by atoms with Crippen molar-refractivity contribution in [2.75, 3.05) is 32.1 Å². The number of nitrogens with one attached hydrogen (secondary N) is 2. The molecule has 0 atom stereocenters. The maximum Gasteiger partial charge on any atom is 0.273 e. The number of benzene rings is 1. The van der Waals surface area contributed by atoms with Crippen molar-refractivity contribution >= 4 is 57.2 Å². The van der Waals surface area contributed by atoms with Gasteiger partial charge in [0.05, 0.1) is 30.1 Å². The first-order valence-electron chi connectivity index (χ1n) is 9.71. The Kier molecular flexibility index (Phi) is 8.92. The van der Waals surface area contributed by atoms with Crippen LogP contribution in [0.25, 0.3) is 0 Å². The highest BCUT2D eigenvalue weighted by Gasteiger charge is 2.21. The van der Waals surface area contributed by atoms with E-state index in [1.54, 1.807) is 42.8 Å². The summed E-state index contributed by atoms with van der Waals surface area (Å²) in [6.07, 6.45) is 1.68. The van der Waals surface area contributed by atoms with Crippen molar-refractivity contribution in [3.8, 4) is 0 Å². The third kappa shape index (κ3) is 6.96. The SMILES string of the molecule is COCCNC(=O)CCN(Cc1ccco1)C(=O)c1csc(Nc2cc(Cl)ccc2Cl)n1. The van der Waals surface area contributed by atoms with Gasteiger partial charge in [0.15, 0.2) is 5.13 Å². The highest BCUT2D eigenvalue weighted by molar-refractivity contribution is 7.14. The van der Waals surface area contributed by atoms with Crippen LogP contribution >= 0.6 is 34.5 Å². The Bertz CT molecular complexity index is 1040. The molecule has 0 saturated carbocycles. The standard InChI is InChI=1S/C21H22Cl2N4O4S/c1-30-10-7-24-19(28)6-8-27(12-15-3-2-9-31-15)20(29)18-13-32-21(26-18)25-17-11-14(22)4-5-16(17)23/h2-5,9,11,13H,6-8,10,12H2,1H3,(H,24,28)(H,25,26). The van der Waals surface area contributed by atoms with E-state index in [0.29, 0.717) is 39.8 Å². The van der Waals surface area contributed by atoms with Crippen molar-refractivity contribution in [3.05, 3.63) is 63.5 Å². The molecule has 2 N–H and O–H groups in total. The monoisotopic (exact) mass is 496 g/mol. The molecule has 2 amide bonds. The molecule has 170 valence electrons. The Morgan fingerprint density at radius 3 is 2.88 bits per heavy atom. The minimum absolute atomic E-state index is 0.142. The van der Waals surface area contributed by atoms with Gasteiger partial charge in [-0.25, -0.2) is 4.98 Å². The zero-order valence-electron chi connectivity index (χ0n) is 17.3. The number of hydrogen-bond acceptors (Lipinski definition) is 7. The van der Waals surface area contributed by atoms with Crippen LogP contribution in [-0.4, -0.2) is 48.5 Å². The average Bonchev–Trinajstić information content (AvgIpc) is 3.45. The molecule has 3 rings (SSSR count). The smallest absolute Gasteiger partial charge is 0.273 e. The minimum Gasteiger partial charge on any atom is -0.467 e. The number of ether oxygens (including phenoxy) is 1. The summed E-state index contributed by atoms with van der Waals surface area (Å²) in [6.45, 7) is 1.26. The van der Waals surface area contributed by atoms with E-state index in [9.17, 15) is 9.59 Å². The zero-order chi connectivity index (χ0) is 22.9. The van der Waals surface area contributed by atoms with Gasteiger partial charge in [-0.1, -0.05) is 23.2 Å². The molecule has 0 aliphatic carbocycles. The van der Waals surface area contributed by atoms with Gasteiger partial charge in [-0.15, -0.1) is 11.3 Å². The van der Waals surface area contributed by atoms with Gasteiger partial charge >= 0.3 is 0 Å². The predicted octanol–water partition coefficient (Wildman–Crippen LogP) is 4.58. The fraction of sp³-hybridized carbons (Fsp3) is 0.286. The van der Waals surface area contributed by atoms with Crippen molar-refractivity contribution in [1.82, 2.24) is 15.2 Å². The van der Waals surface area contributed by atoms with E-state index in [1.807, 2.05) is 0 Å². The van der Waals surface area contributed by atoms with Gasteiger partial charge in [-0.3, -0.25) is 9.59 Å². The van der Waals surface area contributed by atoms with E-state index in [-0.39, 0.29) is 37.0 Å². The number of rotatable bonds is 11. The molecule has 0 bridgehead atoms. The second kappa shape index (κ2) is 11.9. The molecular weight excluding hydrogens is 475 g/mol. The largest absolute Gasteiger partial charge is 0.467 e. The molecule has 0 saturated heterocycles. The Morgan fingerprint density at radius 2 is 2.12 bits per heavy atom. The number of methoxy groups -OCH3 is 1. The number of amides is 2. The zero-order valence-corrected chi connectivity index (χ0v) is 19.6. The van der Waals surface area contributed by atoms with Crippen LogP contribution in [0.3, 0.4) is 0 Å². The molecule has 3 aromatic rings. The number of hydrogen-bond donors (Lipinski definition) is 2. The van der Waals surface area contributed by atoms with Gasteiger partial charge < -0.3 is 24.7 Å². The predicted molar refractivity (Wildman–Crippen MR) is 125 cm³/mol. The molecule has 8 nitrogen and oxygen atoms in total. The highest BCUT2D eigenvalue weighted by atomic mass is 35.5. The summed E-state index contributed by atoms with van der Waals surface area (Å²) >= 11 is 13.5. The number of furan rings is 1. The Hall–Kier alpha value is -2.59. The Balaban J connectivity index is 1.68. The molecule has 0 radical (unpaired) electrons. The molecule has 0 aliphatic heterocycles. The van der Waals surface area contributed by atoms with Gasteiger partial charge in [-0.2, -0.15) is 0 Å². The molecule has 2 heterocycles. The first-order valence-corrected chi connectivity index (χ1v) is 11.3. The quantitative estimate of drug-likeness (QED) is 0.377. The first-order chi connectivity index (χ1) is 15.5. The normalized spacial score (nSPS) is 10.7. The lowest BCUT2D eigenvalue weighted by Crippen LogP contribution is -2.35. The summed E-state index contributed by atoms with van der Waals surface area (Å²) in [5, 5.41) is 8.97. The molecule has 0 unspecified atom stereocenters. The van der Waals surface area contributed by atoms with Crippen molar-refractivity contribution in [1.29, 1.82) is 0 Å². The Morgan fingerprint density at radius 1 is 1.28 bits per heavy atom.